The zero-order valence-electron chi connectivity index (χ0n) is 9.45. The summed E-state index contributed by atoms with van der Waals surface area (Å²) in [6, 6.07) is 2.72. The van der Waals surface area contributed by atoms with Crippen LogP contribution >= 0.6 is 0 Å². The van der Waals surface area contributed by atoms with Crippen LogP contribution in [0.25, 0.3) is 6.08 Å². The summed E-state index contributed by atoms with van der Waals surface area (Å²) in [5.41, 5.74) is 5.68. The minimum atomic E-state index is -3.85. The fourth-order valence-corrected chi connectivity index (χ4v) is 3.43. The van der Waals surface area contributed by atoms with Gasteiger partial charge in [-0.25, -0.2) is 13.2 Å². The summed E-state index contributed by atoms with van der Waals surface area (Å²) in [5, 5.41) is 9.59. The lowest BCUT2D eigenvalue weighted by atomic mass is 10.1. The number of rotatable bonds is 2. The smallest absolute Gasteiger partial charge is 0.328 e. The minimum Gasteiger partial charge on any atom is -0.507 e. The summed E-state index contributed by atoms with van der Waals surface area (Å²) < 4.78 is 28.7. The van der Waals surface area contributed by atoms with E-state index in [-0.39, 0.29) is 21.1 Å². The van der Waals surface area contributed by atoms with E-state index in [0.29, 0.717) is 0 Å². The Bertz CT molecular complexity index is 647. The van der Waals surface area contributed by atoms with Crippen molar-refractivity contribution < 1.29 is 23.1 Å². The number of hydrogen-bond acceptors (Lipinski definition) is 6. The Morgan fingerprint density at radius 2 is 2.11 bits per heavy atom. The molecule has 1 aliphatic heterocycles. The lowest BCUT2D eigenvalue weighted by Crippen LogP contribution is -2.35. The van der Waals surface area contributed by atoms with E-state index in [2.05, 4.69) is 4.74 Å². The van der Waals surface area contributed by atoms with Crippen molar-refractivity contribution in [1.29, 1.82) is 0 Å². The molecule has 96 valence electrons. The Morgan fingerprint density at radius 1 is 1.44 bits per heavy atom. The molecule has 0 spiro atoms. The summed E-state index contributed by atoms with van der Waals surface area (Å²) in [4.78, 5) is 11.0. The van der Waals surface area contributed by atoms with E-state index in [1.165, 1.54) is 24.3 Å². The first-order chi connectivity index (χ1) is 8.39. The van der Waals surface area contributed by atoms with Crippen molar-refractivity contribution in [2.45, 2.75) is 10.9 Å². The van der Waals surface area contributed by atoms with Gasteiger partial charge in [0.05, 0.1) is 16.9 Å². The number of carbonyl (C=O) groups excluding carboxylic acids is 1. The number of ether oxygens (including phenoxy) is 1. The zero-order chi connectivity index (χ0) is 13.5. The summed E-state index contributed by atoms with van der Waals surface area (Å²) in [5.74, 6) is -1.03. The number of methoxy groups -OCH3 is 1. The van der Waals surface area contributed by atoms with E-state index < -0.39 is 21.8 Å². The molecule has 1 aliphatic rings. The molecule has 0 aromatic heterocycles. The predicted molar refractivity (Wildman–Crippen MR) is 63.3 cm³/mol. The normalized spacial score (nSPS) is 17.8. The average Bonchev–Trinajstić information content (AvgIpc) is 2.61. The highest BCUT2D eigenvalue weighted by atomic mass is 32.2. The van der Waals surface area contributed by atoms with Crippen LogP contribution in [0.5, 0.6) is 5.75 Å². The maximum Gasteiger partial charge on any atom is 0.328 e. The number of phenols is 1. The number of benzene rings is 1. The third-order valence-electron chi connectivity index (χ3n) is 2.69. The lowest BCUT2D eigenvalue weighted by molar-refractivity contribution is -0.141. The molecule has 6 nitrogen and oxygen atoms in total. The molecule has 0 aliphatic carbocycles. The molecule has 7 heteroatoms. The Kier molecular flexibility index (Phi) is 2.88. The molecule has 1 heterocycles. The molecule has 1 aromatic carbocycles. The van der Waals surface area contributed by atoms with E-state index >= 15 is 0 Å². The first-order valence-corrected chi connectivity index (χ1v) is 6.50. The van der Waals surface area contributed by atoms with Gasteiger partial charge in [-0.2, -0.15) is 0 Å². The molecule has 0 amide bonds. The number of carbonyl (C=O) groups is 1. The van der Waals surface area contributed by atoms with Crippen LogP contribution in [0.15, 0.2) is 28.0 Å². The van der Waals surface area contributed by atoms with Gasteiger partial charge >= 0.3 is 5.97 Å². The number of esters is 1. The molecule has 0 saturated carbocycles. The van der Waals surface area contributed by atoms with Crippen molar-refractivity contribution in [2.24, 2.45) is 5.73 Å². The van der Waals surface area contributed by atoms with Crippen LogP contribution in [-0.4, -0.2) is 32.6 Å². The predicted octanol–water partition coefficient (Wildman–Crippen LogP) is 0.0207. The topological polar surface area (TPSA) is 107 Å². The van der Waals surface area contributed by atoms with E-state index in [0.717, 1.165) is 7.11 Å². The van der Waals surface area contributed by atoms with Crippen LogP contribution in [0.1, 0.15) is 5.56 Å². The first-order valence-electron chi connectivity index (χ1n) is 5.01. The van der Waals surface area contributed by atoms with Crippen molar-refractivity contribution >= 4 is 21.9 Å². The van der Waals surface area contributed by atoms with Gasteiger partial charge in [0.2, 0.25) is 9.84 Å². The molecule has 0 radical (unpaired) electrons. The van der Waals surface area contributed by atoms with Crippen molar-refractivity contribution in [3.8, 4) is 5.75 Å². The van der Waals surface area contributed by atoms with Crippen LogP contribution in [-0.2, 0) is 19.4 Å². The molecule has 2 rings (SSSR count). The first kappa shape index (κ1) is 12.6. The second-order valence-corrected chi connectivity index (χ2v) is 5.66. The molecular weight excluding hydrogens is 258 g/mol. The van der Waals surface area contributed by atoms with Crippen molar-refractivity contribution in [3.05, 3.63) is 28.7 Å². The van der Waals surface area contributed by atoms with Gasteiger partial charge < -0.3 is 15.6 Å². The lowest BCUT2D eigenvalue weighted by Gasteiger charge is -2.10. The molecule has 1 atom stereocenters. The maximum atomic E-state index is 12.1. The highest BCUT2D eigenvalue weighted by Gasteiger charge is 2.37. The monoisotopic (exact) mass is 269 g/mol. The van der Waals surface area contributed by atoms with Gasteiger partial charge in [-0.05, 0) is 18.2 Å². The van der Waals surface area contributed by atoms with Gasteiger partial charge in [0.15, 0.2) is 0 Å². The molecule has 18 heavy (non-hydrogen) atoms. The largest absolute Gasteiger partial charge is 0.507 e. The summed E-state index contributed by atoms with van der Waals surface area (Å²) in [7, 11) is -2.73. The average molecular weight is 269 g/mol. The van der Waals surface area contributed by atoms with Gasteiger partial charge in [-0.15, -0.1) is 0 Å². The molecule has 0 bridgehead atoms. The number of sulfone groups is 1. The van der Waals surface area contributed by atoms with Gasteiger partial charge in [0.1, 0.15) is 11.8 Å². The molecular formula is C11H11NO5S. The third kappa shape index (κ3) is 1.68. The molecule has 3 N–H and O–H groups in total. The van der Waals surface area contributed by atoms with Crippen LogP contribution in [0.2, 0.25) is 0 Å². The van der Waals surface area contributed by atoms with Crippen LogP contribution < -0.4 is 5.73 Å². The van der Waals surface area contributed by atoms with Crippen molar-refractivity contribution in [2.75, 3.05) is 7.11 Å². The minimum absolute atomic E-state index is 0.0585. The summed E-state index contributed by atoms with van der Waals surface area (Å²) in [6.07, 6.45) is 1.20. The number of fused-ring (bicyclic) bond motifs is 1. The van der Waals surface area contributed by atoms with Gasteiger partial charge in [0.25, 0.3) is 0 Å². The Labute approximate surface area is 104 Å². The number of aromatic hydroxyl groups is 1. The van der Waals surface area contributed by atoms with Crippen LogP contribution in [0.3, 0.4) is 0 Å². The van der Waals surface area contributed by atoms with Crippen molar-refractivity contribution in [1.82, 2.24) is 0 Å². The van der Waals surface area contributed by atoms with E-state index in [1.54, 1.807) is 0 Å². The maximum absolute atomic E-state index is 12.1. The van der Waals surface area contributed by atoms with Crippen LogP contribution in [0.4, 0.5) is 0 Å². The molecule has 1 aromatic rings. The molecule has 0 fully saturated rings. The summed E-state index contributed by atoms with van der Waals surface area (Å²) >= 11 is 0. The highest BCUT2D eigenvalue weighted by molar-refractivity contribution is 7.96. The van der Waals surface area contributed by atoms with Crippen LogP contribution in [0, 0.1) is 0 Å². The highest BCUT2D eigenvalue weighted by Crippen LogP contribution is 2.38. The Balaban J connectivity index is 2.59. The SMILES string of the molecule is COC(=O)C(N)C1=Cc2c(O)cccc2S1(=O)=O. The third-order valence-corrected chi connectivity index (χ3v) is 4.62. The van der Waals surface area contributed by atoms with E-state index in [4.69, 9.17) is 5.73 Å². The van der Waals surface area contributed by atoms with Gasteiger partial charge in [0, 0.05) is 5.56 Å². The molecule has 0 saturated heterocycles. The zero-order valence-corrected chi connectivity index (χ0v) is 10.3. The fourth-order valence-electron chi connectivity index (χ4n) is 1.76. The second-order valence-electron chi connectivity index (χ2n) is 3.74. The second kappa shape index (κ2) is 4.11. The summed E-state index contributed by atoms with van der Waals surface area (Å²) in [6.45, 7) is 0. The Morgan fingerprint density at radius 3 is 2.67 bits per heavy atom. The number of nitrogens with two attached hydrogens (primary N) is 1. The number of phenolic OH excluding ortho intramolecular Hbond substituents is 1. The van der Waals surface area contributed by atoms with E-state index in [9.17, 15) is 18.3 Å². The van der Waals surface area contributed by atoms with Gasteiger partial charge in [-0.3, -0.25) is 0 Å². The van der Waals surface area contributed by atoms with Crippen molar-refractivity contribution in [3.63, 3.8) is 0 Å². The quantitative estimate of drug-likeness (QED) is 0.733. The fraction of sp³-hybridized carbons (Fsp3) is 0.182. The Hall–Kier alpha value is -1.86. The van der Waals surface area contributed by atoms with Gasteiger partial charge in [-0.1, -0.05) is 6.07 Å². The number of hydrogen-bond donors (Lipinski definition) is 2. The standard InChI is InChI=1S/C11H11NO5S/c1-17-11(14)10(12)9-5-6-7(13)3-2-4-8(6)18(9,15)16/h2-5,10,13H,12H2,1H3. The molecule has 1 unspecified atom stereocenters. The van der Waals surface area contributed by atoms with E-state index in [1.807, 2.05) is 0 Å².